The average molecular weight is 270 g/mol. The molecule has 0 aliphatic carbocycles. The zero-order chi connectivity index (χ0) is 15.1. The Morgan fingerprint density at radius 1 is 1.26 bits per heavy atom. The van der Waals surface area contributed by atoms with Gasteiger partial charge in [-0.3, -0.25) is 9.59 Å². The first-order chi connectivity index (χ1) is 8.73. The molecule has 0 aromatic rings. The van der Waals surface area contributed by atoms with Gasteiger partial charge in [0, 0.05) is 25.3 Å². The summed E-state index contributed by atoms with van der Waals surface area (Å²) in [5.74, 6) is -1.14. The topological polar surface area (TPSA) is 89.3 Å². The molecule has 0 saturated heterocycles. The number of nitrogens with two attached hydrogens (primary N) is 1. The van der Waals surface area contributed by atoms with E-state index in [2.05, 4.69) is 5.32 Å². The minimum atomic E-state index is -0.352. The molecule has 0 aliphatic heterocycles. The Hall–Kier alpha value is -1.39. The summed E-state index contributed by atoms with van der Waals surface area (Å²) in [4.78, 5) is 33.9. The van der Waals surface area contributed by atoms with Gasteiger partial charge in [-0.15, -0.1) is 0 Å². The van der Waals surface area contributed by atoms with Crippen molar-refractivity contribution in [3.05, 3.63) is 0 Å². The predicted molar refractivity (Wildman–Crippen MR) is 74.2 cm³/mol. The molecule has 2 amide bonds. The zero-order valence-electron chi connectivity index (χ0n) is 12.4. The number of aldehydes is 1. The van der Waals surface area contributed by atoms with Crippen molar-refractivity contribution in [2.75, 3.05) is 7.05 Å². The Labute approximate surface area is 115 Å². The second-order valence-electron chi connectivity index (χ2n) is 5.96. The van der Waals surface area contributed by atoms with Crippen molar-refractivity contribution in [1.82, 2.24) is 5.32 Å². The summed E-state index contributed by atoms with van der Waals surface area (Å²) in [5.41, 5.74) is 4.81. The lowest BCUT2D eigenvalue weighted by Crippen LogP contribution is -2.39. The predicted octanol–water partition coefficient (Wildman–Crippen LogP) is 1.26. The lowest BCUT2D eigenvalue weighted by molar-refractivity contribution is -0.132. The summed E-state index contributed by atoms with van der Waals surface area (Å²) < 4.78 is 0. The maximum Gasteiger partial charge on any atom is 0.223 e. The molecule has 3 N–H and O–H groups in total. The van der Waals surface area contributed by atoms with Gasteiger partial charge in [-0.2, -0.15) is 0 Å². The highest BCUT2D eigenvalue weighted by molar-refractivity contribution is 5.81. The monoisotopic (exact) mass is 270 g/mol. The molecule has 0 heterocycles. The van der Waals surface area contributed by atoms with Crippen LogP contribution in [0.15, 0.2) is 0 Å². The van der Waals surface area contributed by atoms with Gasteiger partial charge in [0.1, 0.15) is 6.29 Å². The van der Waals surface area contributed by atoms with Crippen LogP contribution >= 0.6 is 0 Å². The minimum Gasteiger partial charge on any atom is -0.370 e. The van der Waals surface area contributed by atoms with Gasteiger partial charge in [-0.1, -0.05) is 27.2 Å². The van der Waals surface area contributed by atoms with Gasteiger partial charge >= 0.3 is 0 Å². The van der Waals surface area contributed by atoms with Crippen LogP contribution in [0.1, 0.15) is 46.5 Å². The van der Waals surface area contributed by atoms with Gasteiger partial charge in [0.25, 0.3) is 0 Å². The summed E-state index contributed by atoms with van der Waals surface area (Å²) in [6.45, 7) is 5.85. The summed E-state index contributed by atoms with van der Waals surface area (Å²) >= 11 is 0. The molecule has 0 aliphatic rings. The van der Waals surface area contributed by atoms with E-state index in [1.165, 1.54) is 0 Å². The molecule has 0 aromatic heterocycles. The quantitative estimate of drug-likeness (QED) is 0.514. The van der Waals surface area contributed by atoms with E-state index in [1.807, 2.05) is 20.8 Å². The van der Waals surface area contributed by atoms with Gasteiger partial charge in [-0.25, -0.2) is 0 Å². The van der Waals surface area contributed by atoms with E-state index in [9.17, 15) is 14.4 Å². The molecular formula is C14H26N2O3. The Kier molecular flexibility index (Phi) is 7.34. The maximum absolute atomic E-state index is 11.9. The van der Waals surface area contributed by atoms with E-state index in [4.69, 9.17) is 5.73 Å². The van der Waals surface area contributed by atoms with Crippen molar-refractivity contribution < 1.29 is 14.4 Å². The van der Waals surface area contributed by atoms with E-state index in [0.29, 0.717) is 25.7 Å². The standard InChI is InChI=1S/C14H26N2O3/c1-14(2,3)11(9-17)10(13(19)16-4)7-5-6-8-12(15)18/h9-11H,5-8H2,1-4H3,(H2,15,18)(H,16,19). The Bertz CT molecular complexity index is 321. The molecule has 2 atom stereocenters. The number of hydrogen-bond donors (Lipinski definition) is 2. The highest BCUT2D eigenvalue weighted by Crippen LogP contribution is 2.33. The molecule has 110 valence electrons. The lowest BCUT2D eigenvalue weighted by Gasteiger charge is -2.32. The number of rotatable bonds is 8. The Balaban J connectivity index is 4.67. The number of carbonyl (C=O) groups excluding carboxylic acids is 3. The Morgan fingerprint density at radius 2 is 1.84 bits per heavy atom. The highest BCUT2D eigenvalue weighted by Gasteiger charge is 2.35. The van der Waals surface area contributed by atoms with Crippen LogP contribution in [0.25, 0.3) is 0 Å². The first-order valence-corrected chi connectivity index (χ1v) is 6.69. The smallest absolute Gasteiger partial charge is 0.223 e. The van der Waals surface area contributed by atoms with Gasteiger partial charge in [-0.05, 0) is 18.3 Å². The fraction of sp³-hybridized carbons (Fsp3) is 0.786. The minimum absolute atomic E-state index is 0.119. The van der Waals surface area contributed by atoms with Crippen molar-refractivity contribution in [3.63, 3.8) is 0 Å². The summed E-state index contributed by atoms with van der Waals surface area (Å²) in [6, 6.07) is 0. The van der Waals surface area contributed by atoms with Crippen LogP contribution in [0.3, 0.4) is 0 Å². The van der Waals surface area contributed by atoms with E-state index >= 15 is 0 Å². The number of hydrogen-bond acceptors (Lipinski definition) is 3. The highest BCUT2D eigenvalue weighted by atomic mass is 16.2. The van der Waals surface area contributed by atoms with Crippen LogP contribution in [-0.4, -0.2) is 25.1 Å². The number of amides is 2. The third kappa shape index (κ3) is 6.36. The number of carbonyl (C=O) groups is 3. The zero-order valence-corrected chi connectivity index (χ0v) is 12.4. The van der Waals surface area contributed by atoms with E-state index in [1.54, 1.807) is 7.05 Å². The molecule has 0 radical (unpaired) electrons. The van der Waals surface area contributed by atoms with Gasteiger partial charge in [0.15, 0.2) is 0 Å². The van der Waals surface area contributed by atoms with Crippen molar-refractivity contribution in [2.45, 2.75) is 46.5 Å². The van der Waals surface area contributed by atoms with Crippen LogP contribution in [-0.2, 0) is 14.4 Å². The largest absolute Gasteiger partial charge is 0.370 e. The van der Waals surface area contributed by atoms with Gasteiger partial charge < -0.3 is 15.8 Å². The molecule has 5 heteroatoms. The van der Waals surface area contributed by atoms with Crippen LogP contribution in [0.2, 0.25) is 0 Å². The fourth-order valence-electron chi connectivity index (χ4n) is 2.23. The normalized spacial score (nSPS) is 14.5. The molecule has 19 heavy (non-hydrogen) atoms. The molecule has 0 fully saturated rings. The maximum atomic E-state index is 11.9. The van der Waals surface area contributed by atoms with Crippen molar-refractivity contribution >= 4 is 18.1 Å². The second kappa shape index (κ2) is 7.92. The molecule has 0 rings (SSSR count). The number of nitrogens with one attached hydrogen (secondary N) is 1. The van der Waals surface area contributed by atoms with Crippen LogP contribution < -0.4 is 11.1 Å². The SMILES string of the molecule is CNC(=O)C(CCCCC(N)=O)C(C=O)C(C)(C)C. The van der Waals surface area contributed by atoms with E-state index < -0.39 is 0 Å². The molecule has 0 spiro atoms. The first kappa shape index (κ1) is 17.6. The summed E-state index contributed by atoms with van der Waals surface area (Å²) in [7, 11) is 1.57. The molecule has 0 aromatic carbocycles. The van der Waals surface area contributed by atoms with Crippen LogP contribution in [0, 0.1) is 17.3 Å². The average Bonchev–Trinajstić information content (AvgIpc) is 2.30. The van der Waals surface area contributed by atoms with Crippen LogP contribution in [0.5, 0.6) is 0 Å². The van der Waals surface area contributed by atoms with Crippen molar-refractivity contribution in [3.8, 4) is 0 Å². The molecule has 2 unspecified atom stereocenters. The summed E-state index contributed by atoms with van der Waals surface area (Å²) in [6.07, 6.45) is 3.14. The molecule has 0 saturated carbocycles. The van der Waals surface area contributed by atoms with Crippen LogP contribution in [0.4, 0.5) is 0 Å². The van der Waals surface area contributed by atoms with E-state index in [-0.39, 0.29) is 29.1 Å². The lowest BCUT2D eigenvalue weighted by atomic mass is 9.72. The van der Waals surface area contributed by atoms with Crippen molar-refractivity contribution in [2.24, 2.45) is 23.0 Å². The third-order valence-corrected chi connectivity index (χ3v) is 3.35. The summed E-state index contributed by atoms with van der Waals surface area (Å²) in [5, 5.41) is 2.61. The molecule has 5 nitrogen and oxygen atoms in total. The Morgan fingerprint density at radius 3 is 2.21 bits per heavy atom. The fourth-order valence-corrected chi connectivity index (χ4v) is 2.23. The third-order valence-electron chi connectivity index (χ3n) is 3.35. The molecular weight excluding hydrogens is 244 g/mol. The van der Waals surface area contributed by atoms with E-state index in [0.717, 1.165) is 6.29 Å². The molecule has 0 bridgehead atoms. The van der Waals surface area contributed by atoms with Crippen molar-refractivity contribution in [1.29, 1.82) is 0 Å². The van der Waals surface area contributed by atoms with Gasteiger partial charge in [0.2, 0.25) is 11.8 Å². The second-order valence-corrected chi connectivity index (χ2v) is 5.96. The first-order valence-electron chi connectivity index (χ1n) is 6.69. The number of unbranched alkanes of at least 4 members (excludes halogenated alkanes) is 1. The van der Waals surface area contributed by atoms with Gasteiger partial charge in [0.05, 0.1) is 0 Å². The number of primary amides is 1.